The van der Waals surface area contributed by atoms with E-state index in [1.54, 1.807) is 0 Å². The molecule has 1 fully saturated rings. The average molecular weight is 326 g/mol. The third kappa shape index (κ3) is 5.81. The van der Waals surface area contributed by atoms with E-state index >= 15 is 0 Å². The molecule has 126 valence electrons. The first-order valence-electron chi connectivity index (χ1n) is 8.24. The molecule has 22 heavy (non-hydrogen) atoms. The van der Waals surface area contributed by atoms with Gasteiger partial charge in [0.05, 0.1) is 0 Å². The second-order valence-corrected chi connectivity index (χ2v) is 8.21. The predicted octanol–water partition coefficient (Wildman–Crippen LogP) is 4.95. The standard InChI is InChI=1S/C19H31NO.ClH/c1-18(2,3)14-19(4,5)15-6-8-16(9-7-15)21-17-10-12-20-13-11-17;/h6-9,17,20H,10-14H2,1-5H3;1H. The van der Waals surface area contributed by atoms with Crippen LogP contribution in [0.1, 0.15) is 59.4 Å². The fraction of sp³-hybridized carbons (Fsp3) is 0.684. The molecule has 2 nitrogen and oxygen atoms in total. The lowest BCUT2D eigenvalue weighted by molar-refractivity contribution is 0.162. The van der Waals surface area contributed by atoms with E-state index in [2.05, 4.69) is 64.2 Å². The van der Waals surface area contributed by atoms with Gasteiger partial charge in [-0.3, -0.25) is 0 Å². The molecule has 0 aliphatic carbocycles. The van der Waals surface area contributed by atoms with Crippen LogP contribution in [0.4, 0.5) is 0 Å². The number of halogens is 1. The molecule has 1 heterocycles. The number of piperidine rings is 1. The Balaban J connectivity index is 0.00000242. The summed E-state index contributed by atoms with van der Waals surface area (Å²) in [6, 6.07) is 8.76. The Morgan fingerprint density at radius 3 is 2.05 bits per heavy atom. The Hall–Kier alpha value is -0.730. The molecule has 0 radical (unpaired) electrons. The Morgan fingerprint density at radius 2 is 1.55 bits per heavy atom. The van der Waals surface area contributed by atoms with E-state index in [4.69, 9.17) is 4.74 Å². The largest absolute Gasteiger partial charge is 0.490 e. The third-order valence-electron chi connectivity index (χ3n) is 4.20. The summed E-state index contributed by atoms with van der Waals surface area (Å²) in [6.07, 6.45) is 3.77. The van der Waals surface area contributed by atoms with E-state index in [1.165, 1.54) is 12.0 Å². The van der Waals surface area contributed by atoms with Crippen LogP contribution >= 0.6 is 12.4 Å². The predicted molar refractivity (Wildman–Crippen MR) is 97.3 cm³/mol. The van der Waals surface area contributed by atoms with Crippen LogP contribution < -0.4 is 10.1 Å². The number of benzene rings is 1. The molecule has 0 aromatic heterocycles. The number of hydrogen-bond acceptors (Lipinski definition) is 2. The van der Waals surface area contributed by atoms with E-state index in [1.807, 2.05) is 0 Å². The summed E-state index contributed by atoms with van der Waals surface area (Å²) in [5.41, 5.74) is 1.94. The monoisotopic (exact) mass is 325 g/mol. The fourth-order valence-corrected chi connectivity index (χ4v) is 3.52. The lowest BCUT2D eigenvalue weighted by Gasteiger charge is -2.33. The normalized spacial score (nSPS) is 17.0. The molecule has 1 aliphatic rings. The smallest absolute Gasteiger partial charge is 0.119 e. The molecule has 0 spiro atoms. The lowest BCUT2D eigenvalue weighted by atomic mass is 9.72. The SMILES string of the molecule is CC(C)(C)CC(C)(C)c1ccc(OC2CCNCC2)cc1.Cl. The van der Waals surface area contributed by atoms with Crippen molar-refractivity contribution in [3.05, 3.63) is 29.8 Å². The molecule has 1 aliphatic heterocycles. The Morgan fingerprint density at radius 1 is 1.00 bits per heavy atom. The van der Waals surface area contributed by atoms with Crippen LogP contribution in [0, 0.1) is 5.41 Å². The number of hydrogen-bond donors (Lipinski definition) is 1. The van der Waals surface area contributed by atoms with E-state index in [0.717, 1.165) is 31.7 Å². The third-order valence-corrected chi connectivity index (χ3v) is 4.20. The van der Waals surface area contributed by atoms with Gasteiger partial charge in [0.1, 0.15) is 11.9 Å². The maximum absolute atomic E-state index is 6.08. The van der Waals surface area contributed by atoms with Gasteiger partial charge in [-0.1, -0.05) is 46.8 Å². The van der Waals surface area contributed by atoms with E-state index in [0.29, 0.717) is 11.5 Å². The second-order valence-electron chi connectivity index (χ2n) is 8.21. The molecule has 3 heteroatoms. The van der Waals surface area contributed by atoms with Crippen molar-refractivity contribution >= 4 is 12.4 Å². The molecular weight excluding hydrogens is 294 g/mol. The van der Waals surface area contributed by atoms with Crippen LogP contribution in [0.2, 0.25) is 0 Å². The summed E-state index contributed by atoms with van der Waals surface area (Å²) in [5.74, 6) is 1.01. The van der Waals surface area contributed by atoms with Gasteiger partial charge in [-0.2, -0.15) is 0 Å². The first kappa shape index (κ1) is 19.3. The van der Waals surface area contributed by atoms with Gasteiger partial charge in [0, 0.05) is 0 Å². The first-order valence-corrected chi connectivity index (χ1v) is 8.24. The molecule has 2 rings (SSSR count). The zero-order valence-corrected chi connectivity index (χ0v) is 15.6. The van der Waals surface area contributed by atoms with Gasteiger partial charge in [-0.15, -0.1) is 12.4 Å². The minimum absolute atomic E-state index is 0. The van der Waals surface area contributed by atoms with Crippen molar-refractivity contribution in [3.63, 3.8) is 0 Å². The molecular formula is C19H32ClNO. The highest BCUT2D eigenvalue weighted by Crippen LogP contribution is 2.36. The van der Waals surface area contributed by atoms with Gasteiger partial charge >= 0.3 is 0 Å². The zero-order valence-electron chi connectivity index (χ0n) is 14.7. The Bertz CT molecular complexity index is 441. The molecule has 1 aromatic rings. The van der Waals surface area contributed by atoms with Crippen LogP contribution in [0.15, 0.2) is 24.3 Å². The van der Waals surface area contributed by atoms with Gasteiger partial charge in [-0.05, 0) is 60.9 Å². The van der Waals surface area contributed by atoms with Crippen LogP contribution in [0.5, 0.6) is 5.75 Å². The summed E-state index contributed by atoms with van der Waals surface area (Å²) >= 11 is 0. The highest BCUT2D eigenvalue weighted by molar-refractivity contribution is 5.85. The molecule has 0 amide bonds. The first-order chi connectivity index (χ1) is 9.76. The van der Waals surface area contributed by atoms with Gasteiger partial charge < -0.3 is 10.1 Å². The zero-order chi connectivity index (χ0) is 15.5. The quantitative estimate of drug-likeness (QED) is 0.845. The van der Waals surface area contributed by atoms with Crippen LogP contribution in [-0.2, 0) is 5.41 Å². The lowest BCUT2D eigenvalue weighted by Crippen LogP contribution is -2.34. The minimum atomic E-state index is 0. The van der Waals surface area contributed by atoms with Crippen molar-refractivity contribution in [3.8, 4) is 5.75 Å². The number of ether oxygens (including phenoxy) is 1. The van der Waals surface area contributed by atoms with E-state index in [9.17, 15) is 0 Å². The van der Waals surface area contributed by atoms with Crippen molar-refractivity contribution in [1.82, 2.24) is 5.32 Å². The molecule has 1 N–H and O–H groups in total. The van der Waals surface area contributed by atoms with Crippen molar-refractivity contribution in [1.29, 1.82) is 0 Å². The Kier molecular flexibility index (Phi) is 6.76. The molecule has 1 saturated heterocycles. The van der Waals surface area contributed by atoms with Crippen molar-refractivity contribution in [2.75, 3.05) is 13.1 Å². The van der Waals surface area contributed by atoms with Gasteiger partial charge in [0.15, 0.2) is 0 Å². The molecule has 0 saturated carbocycles. The highest BCUT2D eigenvalue weighted by Gasteiger charge is 2.27. The second kappa shape index (κ2) is 7.70. The molecule has 0 atom stereocenters. The van der Waals surface area contributed by atoms with E-state index < -0.39 is 0 Å². The fourth-order valence-electron chi connectivity index (χ4n) is 3.52. The van der Waals surface area contributed by atoms with Crippen molar-refractivity contribution in [2.45, 2.75) is 65.4 Å². The summed E-state index contributed by atoms with van der Waals surface area (Å²) in [7, 11) is 0. The highest BCUT2D eigenvalue weighted by atomic mass is 35.5. The molecule has 0 unspecified atom stereocenters. The van der Waals surface area contributed by atoms with Crippen molar-refractivity contribution < 1.29 is 4.74 Å². The average Bonchev–Trinajstić information content (AvgIpc) is 2.38. The van der Waals surface area contributed by atoms with Crippen LogP contribution in [0.3, 0.4) is 0 Å². The number of rotatable bonds is 4. The van der Waals surface area contributed by atoms with Gasteiger partial charge in [-0.25, -0.2) is 0 Å². The van der Waals surface area contributed by atoms with Gasteiger partial charge in [0.2, 0.25) is 0 Å². The van der Waals surface area contributed by atoms with Crippen LogP contribution in [0.25, 0.3) is 0 Å². The topological polar surface area (TPSA) is 21.3 Å². The summed E-state index contributed by atoms with van der Waals surface area (Å²) in [4.78, 5) is 0. The van der Waals surface area contributed by atoms with Gasteiger partial charge in [0.25, 0.3) is 0 Å². The van der Waals surface area contributed by atoms with E-state index in [-0.39, 0.29) is 17.8 Å². The molecule has 0 bridgehead atoms. The van der Waals surface area contributed by atoms with Crippen molar-refractivity contribution in [2.24, 2.45) is 5.41 Å². The summed E-state index contributed by atoms with van der Waals surface area (Å²) in [5, 5.41) is 3.37. The Labute approximate surface area is 142 Å². The van der Waals surface area contributed by atoms with Crippen LogP contribution in [-0.4, -0.2) is 19.2 Å². The summed E-state index contributed by atoms with van der Waals surface area (Å²) in [6.45, 7) is 13.7. The number of nitrogens with one attached hydrogen (secondary N) is 1. The molecule has 1 aromatic carbocycles. The maximum atomic E-state index is 6.08. The maximum Gasteiger partial charge on any atom is 0.119 e. The summed E-state index contributed by atoms with van der Waals surface area (Å²) < 4.78 is 6.08. The minimum Gasteiger partial charge on any atom is -0.490 e.